The molecule has 0 aliphatic carbocycles. The summed E-state index contributed by atoms with van der Waals surface area (Å²) >= 11 is 0. The Balaban J connectivity index is 2.73. The van der Waals surface area contributed by atoms with Crippen LogP contribution < -0.4 is 0 Å². The number of carbonyl (C=O) groups is 2. The van der Waals surface area contributed by atoms with Gasteiger partial charge in [0.05, 0.1) is 0 Å². The first-order chi connectivity index (χ1) is 8.23. The fraction of sp³-hybridized carbons (Fsp3) is 0.846. The number of carboxylic acids is 1. The molecule has 5 heteroatoms. The number of urea groups is 1. The number of nitrogens with zero attached hydrogens (tertiary/aromatic N) is 2. The third-order valence-electron chi connectivity index (χ3n) is 3.35. The van der Waals surface area contributed by atoms with E-state index in [-0.39, 0.29) is 24.0 Å². The fourth-order valence-corrected chi connectivity index (χ4v) is 2.38. The maximum atomic E-state index is 12.4. The van der Waals surface area contributed by atoms with Gasteiger partial charge in [-0.1, -0.05) is 13.8 Å². The average molecular weight is 256 g/mol. The second kappa shape index (κ2) is 5.59. The van der Waals surface area contributed by atoms with Crippen LogP contribution in [0.5, 0.6) is 0 Å². The Morgan fingerprint density at radius 1 is 1.39 bits per heavy atom. The van der Waals surface area contributed by atoms with Crippen molar-refractivity contribution in [1.29, 1.82) is 0 Å². The highest BCUT2D eigenvalue weighted by Gasteiger charge is 2.32. The molecule has 1 rings (SSSR count). The van der Waals surface area contributed by atoms with Crippen molar-refractivity contribution in [3.8, 4) is 0 Å². The monoisotopic (exact) mass is 256 g/mol. The van der Waals surface area contributed by atoms with E-state index in [2.05, 4.69) is 13.8 Å². The van der Waals surface area contributed by atoms with Gasteiger partial charge in [0.25, 0.3) is 0 Å². The van der Waals surface area contributed by atoms with Gasteiger partial charge in [0.15, 0.2) is 0 Å². The second-order valence-electron chi connectivity index (χ2n) is 6.09. The molecule has 0 aromatic rings. The first kappa shape index (κ1) is 14.8. The van der Waals surface area contributed by atoms with Crippen LogP contribution in [0.3, 0.4) is 0 Å². The molecule has 1 fully saturated rings. The van der Waals surface area contributed by atoms with Crippen LogP contribution in [0, 0.1) is 5.41 Å². The lowest BCUT2D eigenvalue weighted by molar-refractivity contribution is -0.138. The van der Waals surface area contributed by atoms with Crippen LogP contribution in [0.2, 0.25) is 0 Å². The molecule has 0 unspecified atom stereocenters. The van der Waals surface area contributed by atoms with E-state index < -0.39 is 5.97 Å². The van der Waals surface area contributed by atoms with Crippen LogP contribution in [0.15, 0.2) is 0 Å². The van der Waals surface area contributed by atoms with Crippen LogP contribution in [0.1, 0.15) is 40.5 Å². The van der Waals surface area contributed by atoms with E-state index in [4.69, 9.17) is 5.11 Å². The molecule has 1 saturated heterocycles. The standard InChI is InChI=1S/C13H24N2O3/c1-10(2)15(8-11(16)17)12(18)14-7-5-6-13(3,4)9-14/h10H,5-9H2,1-4H3,(H,16,17). The van der Waals surface area contributed by atoms with E-state index in [0.717, 1.165) is 19.4 Å². The third-order valence-corrected chi connectivity index (χ3v) is 3.35. The van der Waals surface area contributed by atoms with Gasteiger partial charge in [0.1, 0.15) is 6.54 Å². The Morgan fingerprint density at radius 2 is 2.00 bits per heavy atom. The zero-order valence-corrected chi connectivity index (χ0v) is 11.8. The van der Waals surface area contributed by atoms with Crippen molar-refractivity contribution in [3.63, 3.8) is 0 Å². The molecule has 0 atom stereocenters. The molecule has 1 N–H and O–H groups in total. The highest BCUT2D eigenvalue weighted by molar-refractivity contribution is 5.80. The van der Waals surface area contributed by atoms with Crippen molar-refractivity contribution in [2.45, 2.75) is 46.6 Å². The van der Waals surface area contributed by atoms with Crippen LogP contribution in [-0.4, -0.2) is 52.6 Å². The summed E-state index contributed by atoms with van der Waals surface area (Å²) in [7, 11) is 0. The first-order valence-electron chi connectivity index (χ1n) is 6.50. The van der Waals surface area contributed by atoms with Crippen LogP contribution >= 0.6 is 0 Å². The molecule has 0 spiro atoms. The zero-order valence-electron chi connectivity index (χ0n) is 11.8. The average Bonchev–Trinajstić information content (AvgIpc) is 2.23. The molecule has 0 bridgehead atoms. The Labute approximate surface area is 109 Å². The Morgan fingerprint density at radius 3 is 2.44 bits per heavy atom. The van der Waals surface area contributed by atoms with Gasteiger partial charge >= 0.3 is 12.0 Å². The Hall–Kier alpha value is -1.26. The van der Waals surface area contributed by atoms with Crippen LogP contribution in [-0.2, 0) is 4.79 Å². The summed E-state index contributed by atoms with van der Waals surface area (Å²) in [5.74, 6) is -0.965. The zero-order chi connectivity index (χ0) is 13.9. The highest BCUT2D eigenvalue weighted by Crippen LogP contribution is 2.29. The Bertz CT molecular complexity index is 326. The molecule has 1 aliphatic rings. The van der Waals surface area contributed by atoms with E-state index in [0.29, 0.717) is 6.54 Å². The topological polar surface area (TPSA) is 60.9 Å². The van der Waals surface area contributed by atoms with Gasteiger partial charge in [-0.3, -0.25) is 4.79 Å². The molecule has 5 nitrogen and oxygen atoms in total. The van der Waals surface area contributed by atoms with Crippen molar-refractivity contribution < 1.29 is 14.7 Å². The number of hydrogen-bond donors (Lipinski definition) is 1. The van der Waals surface area contributed by atoms with E-state index in [1.165, 1.54) is 4.90 Å². The molecule has 2 amide bonds. The first-order valence-corrected chi connectivity index (χ1v) is 6.50. The number of carboxylic acid groups (broad SMARTS) is 1. The van der Waals surface area contributed by atoms with Gasteiger partial charge in [-0.25, -0.2) is 4.79 Å². The molecule has 1 heterocycles. The molecule has 1 aliphatic heterocycles. The maximum absolute atomic E-state index is 12.4. The molecule has 0 aromatic heterocycles. The van der Waals surface area contributed by atoms with Crippen LogP contribution in [0.4, 0.5) is 4.79 Å². The molecular weight excluding hydrogens is 232 g/mol. The number of rotatable bonds is 3. The lowest BCUT2D eigenvalue weighted by atomic mass is 9.84. The van der Waals surface area contributed by atoms with Crippen molar-refractivity contribution >= 4 is 12.0 Å². The van der Waals surface area contributed by atoms with Crippen molar-refractivity contribution in [1.82, 2.24) is 9.80 Å². The largest absolute Gasteiger partial charge is 0.480 e. The summed E-state index contributed by atoms with van der Waals surface area (Å²) in [6.07, 6.45) is 2.09. The second-order valence-corrected chi connectivity index (χ2v) is 6.09. The minimum absolute atomic E-state index is 0.0985. The number of carbonyl (C=O) groups excluding carboxylic acids is 1. The molecule has 18 heavy (non-hydrogen) atoms. The van der Waals surface area contributed by atoms with Gasteiger partial charge < -0.3 is 14.9 Å². The van der Waals surface area contributed by atoms with Gasteiger partial charge in [0.2, 0.25) is 0 Å². The lowest BCUT2D eigenvalue weighted by Gasteiger charge is -2.41. The summed E-state index contributed by atoms with van der Waals surface area (Å²) in [6.45, 7) is 9.17. The number of piperidine rings is 1. The molecule has 0 radical (unpaired) electrons. The number of likely N-dealkylation sites (tertiary alicyclic amines) is 1. The third kappa shape index (κ3) is 3.89. The van der Waals surface area contributed by atoms with Gasteiger partial charge in [-0.05, 0) is 32.1 Å². The summed E-state index contributed by atoms with van der Waals surface area (Å²) in [5.41, 5.74) is 0.125. The summed E-state index contributed by atoms with van der Waals surface area (Å²) in [4.78, 5) is 26.4. The summed E-state index contributed by atoms with van der Waals surface area (Å²) in [5, 5.41) is 8.87. The summed E-state index contributed by atoms with van der Waals surface area (Å²) in [6, 6.07) is -0.251. The fourth-order valence-electron chi connectivity index (χ4n) is 2.38. The van der Waals surface area contributed by atoms with Crippen molar-refractivity contribution in [2.24, 2.45) is 5.41 Å². The number of hydrogen-bond acceptors (Lipinski definition) is 2. The van der Waals surface area contributed by atoms with E-state index in [1.54, 1.807) is 4.90 Å². The highest BCUT2D eigenvalue weighted by atomic mass is 16.4. The van der Waals surface area contributed by atoms with Gasteiger partial charge in [0, 0.05) is 19.1 Å². The quantitative estimate of drug-likeness (QED) is 0.840. The van der Waals surface area contributed by atoms with E-state index >= 15 is 0 Å². The van der Waals surface area contributed by atoms with E-state index in [1.807, 2.05) is 13.8 Å². The minimum Gasteiger partial charge on any atom is -0.480 e. The van der Waals surface area contributed by atoms with Crippen molar-refractivity contribution in [2.75, 3.05) is 19.6 Å². The van der Waals surface area contributed by atoms with Crippen LogP contribution in [0.25, 0.3) is 0 Å². The summed E-state index contributed by atoms with van der Waals surface area (Å²) < 4.78 is 0. The SMILES string of the molecule is CC(C)N(CC(=O)O)C(=O)N1CCCC(C)(C)C1. The minimum atomic E-state index is -0.965. The smallest absolute Gasteiger partial charge is 0.323 e. The molecular formula is C13H24N2O3. The molecule has 0 saturated carbocycles. The van der Waals surface area contributed by atoms with Crippen molar-refractivity contribution in [3.05, 3.63) is 0 Å². The van der Waals surface area contributed by atoms with E-state index in [9.17, 15) is 9.59 Å². The normalized spacial score (nSPS) is 18.8. The molecule has 0 aromatic carbocycles. The predicted octanol–water partition coefficient (Wildman–Crippen LogP) is 2.02. The maximum Gasteiger partial charge on any atom is 0.323 e. The number of aliphatic carboxylic acids is 1. The van der Waals surface area contributed by atoms with Gasteiger partial charge in [-0.15, -0.1) is 0 Å². The number of amides is 2. The molecule has 104 valence electrons. The predicted molar refractivity (Wildman–Crippen MR) is 69.5 cm³/mol. The Kier molecular flexibility index (Phi) is 4.59. The van der Waals surface area contributed by atoms with Gasteiger partial charge in [-0.2, -0.15) is 0 Å². The lowest BCUT2D eigenvalue weighted by Crippen LogP contribution is -2.52.